The Morgan fingerprint density at radius 1 is 0.962 bits per heavy atom. The van der Waals surface area contributed by atoms with Gasteiger partial charge in [0.25, 0.3) is 0 Å². The first-order valence-corrected chi connectivity index (χ1v) is 9.40. The maximum atomic E-state index is 14.3. The molecule has 0 heterocycles. The van der Waals surface area contributed by atoms with Crippen molar-refractivity contribution in [3.05, 3.63) is 76.1 Å². The monoisotopic (exact) mass is 358 g/mol. The van der Waals surface area contributed by atoms with Gasteiger partial charge >= 0.3 is 0 Å². The van der Waals surface area contributed by atoms with Gasteiger partial charge in [0.1, 0.15) is 5.82 Å². The lowest BCUT2D eigenvalue weighted by molar-refractivity contribution is 0.364. The molecule has 138 valence electrons. The van der Waals surface area contributed by atoms with Crippen molar-refractivity contribution in [2.45, 2.75) is 51.9 Å². The fourth-order valence-electron chi connectivity index (χ4n) is 3.78. The quantitative estimate of drug-likeness (QED) is 0.554. The van der Waals surface area contributed by atoms with Crippen LogP contribution in [-0.2, 0) is 6.42 Å². The molecule has 0 unspecified atom stereocenters. The predicted octanol–water partition coefficient (Wildman–Crippen LogP) is 6.96. The van der Waals surface area contributed by atoms with Crippen LogP contribution in [0.2, 0.25) is 0 Å². The Balaban J connectivity index is 1.63. The summed E-state index contributed by atoms with van der Waals surface area (Å²) in [6.07, 6.45) is 8.15. The zero-order valence-corrected chi connectivity index (χ0v) is 15.4. The van der Waals surface area contributed by atoms with E-state index in [1.165, 1.54) is 0 Å². The van der Waals surface area contributed by atoms with E-state index in [2.05, 4.69) is 6.08 Å². The minimum atomic E-state index is -0.687. The van der Waals surface area contributed by atoms with Crippen molar-refractivity contribution in [2.24, 2.45) is 5.92 Å². The highest BCUT2D eigenvalue weighted by Crippen LogP contribution is 2.38. The molecule has 0 N–H and O–H groups in total. The molecule has 2 aromatic carbocycles. The Labute approximate surface area is 153 Å². The zero-order chi connectivity index (χ0) is 18.7. The van der Waals surface area contributed by atoms with E-state index in [-0.39, 0.29) is 11.7 Å². The molecule has 0 spiro atoms. The highest BCUT2D eigenvalue weighted by Gasteiger charge is 2.25. The summed E-state index contributed by atoms with van der Waals surface area (Å²) in [6, 6.07) is 8.71. The Bertz CT molecular complexity index is 799. The van der Waals surface area contributed by atoms with Gasteiger partial charge in [-0.25, -0.2) is 13.2 Å². The number of rotatable bonds is 4. The first kappa shape index (κ1) is 18.8. The van der Waals surface area contributed by atoms with Crippen molar-refractivity contribution in [3.8, 4) is 0 Å². The van der Waals surface area contributed by atoms with Gasteiger partial charge in [-0.3, -0.25) is 0 Å². The molecular weight excluding hydrogens is 333 g/mol. The summed E-state index contributed by atoms with van der Waals surface area (Å²) >= 11 is 0. The molecule has 0 aliphatic heterocycles. The summed E-state index contributed by atoms with van der Waals surface area (Å²) in [4.78, 5) is 0. The van der Waals surface area contributed by atoms with Crippen LogP contribution in [0, 0.1) is 30.3 Å². The second kappa shape index (κ2) is 8.11. The van der Waals surface area contributed by atoms with Crippen molar-refractivity contribution >= 4 is 6.08 Å². The third kappa shape index (κ3) is 4.03. The lowest BCUT2D eigenvalue weighted by Gasteiger charge is -2.27. The average Bonchev–Trinajstić information content (AvgIpc) is 2.65. The number of benzene rings is 2. The largest absolute Gasteiger partial charge is 0.207 e. The molecule has 1 aliphatic rings. The van der Waals surface area contributed by atoms with Crippen LogP contribution >= 0.6 is 0 Å². The zero-order valence-electron chi connectivity index (χ0n) is 15.4. The minimum Gasteiger partial charge on any atom is -0.207 e. The van der Waals surface area contributed by atoms with Crippen LogP contribution in [0.25, 0.3) is 6.08 Å². The summed E-state index contributed by atoms with van der Waals surface area (Å²) in [5.74, 6) is -1.06. The van der Waals surface area contributed by atoms with Crippen molar-refractivity contribution in [1.29, 1.82) is 0 Å². The SMILES string of the molecule is CCc1ccc(C2CCC(/C=C/c3ccc(C)c(F)c3)CC2)c(F)c1F. The molecular formula is C23H25F3. The number of allylic oxidation sites excluding steroid dienone is 1. The van der Waals surface area contributed by atoms with Crippen LogP contribution in [0.3, 0.4) is 0 Å². The van der Waals surface area contributed by atoms with Gasteiger partial charge < -0.3 is 0 Å². The maximum Gasteiger partial charge on any atom is 0.162 e. The summed E-state index contributed by atoms with van der Waals surface area (Å²) in [7, 11) is 0. The van der Waals surface area contributed by atoms with Crippen LogP contribution < -0.4 is 0 Å². The van der Waals surface area contributed by atoms with E-state index >= 15 is 0 Å². The normalized spacial score (nSPS) is 20.7. The molecule has 3 heteroatoms. The number of aryl methyl sites for hydroxylation is 2. The number of halogens is 3. The molecule has 0 amide bonds. The van der Waals surface area contributed by atoms with Crippen LogP contribution in [0.5, 0.6) is 0 Å². The van der Waals surface area contributed by atoms with E-state index in [1.807, 2.05) is 19.1 Å². The molecule has 26 heavy (non-hydrogen) atoms. The van der Waals surface area contributed by atoms with Crippen molar-refractivity contribution in [1.82, 2.24) is 0 Å². The van der Waals surface area contributed by atoms with Gasteiger partial charge in [-0.2, -0.15) is 0 Å². The highest BCUT2D eigenvalue weighted by molar-refractivity contribution is 5.50. The van der Waals surface area contributed by atoms with E-state index < -0.39 is 11.6 Å². The summed E-state index contributed by atoms with van der Waals surface area (Å²) in [6.45, 7) is 3.58. The van der Waals surface area contributed by atoms with Gasteiger partial charge in [0, 0.05) is 0 Å². The molecule has 0 atom stereocenters. The molecule has 1 saturated carbocycles. The predicted molar refractivity (Wildman–Crippen MR) is 101 cm³/mol. The Morgan fingerprint density at radius 3 is 2.35 bits per heavy atom. The van der Waals surface area contributed by atoms with E-state index in [9.17, 15) is 13.2 Å². The molecule has 0 saturated heterocycles. The molecule has 2 aromatic rings. The minimum absolute atomic E-state index is 0.0804. The Hall–Kier alpha value is -2.03. The topological polar surface area (TPSA) is 0 Å². The average molecular weight is 358 g/mol. The van der Waals surface area contributed by atoms with Crippen LogP contribution in [-0.4, -0.2) is 0 Å². The van der Waals surface area contributed by atoms with E-state index in [0.717, 1.165) is 31.2 Å². The smallest absolute Gasteiger partial charge is 0.162 e. The molecule has 0 aromatic heterocycles. The third-order valence-corrected chi connectivity index (χ3v) is 5.54. The van der Waals surface area contributed by atoms with Gasteiger partial charge in [-0.05, 0) is 79.2 Å². The van der Waals surface area contributed by atoms with E-state index in [0.29, 0.717) is 29.0 Å². The fraction of sp³-hybridized carbons (Fsp3) is 0.391. The van der Waals surface area contributed by atoms with Crippen molar-refractivity contribution < 1.29 is 13.2 Å². The second-order valence-electron chi connectivity index (χ2n) is 7.27. The van der Waals surface area contributed by atoms with Gasteiger partial charge in [0.15, 0.2) is 11.6 Å². The summed E-state index contributed by atoms with van der Waals surface area (Å²) in [5.41, 5.74) is 2.46. The summed E-state index contributed by atoms with van der Waals surface area (Å²) < 4.78 is 42.0. The van der Waals surface area contributed by atoms with Crippen molar-refractivity contribution in [2.75, 3.05) is 0 Å². The van der Waals surface area contributed by atoms with Gasteiger partial charge in [0.2, 0.25) is 0 Å². The number of hydrogen-bond donors (Lipinski definition) is 0. The van der Waals surface area contributed by atoms with Gasteiger partial charge in [-0.1, -0.05) is 43.3 Å². The third-order valence-electron chi connectivity index (χ3n) is 5.54. The lowest BCUT2D eigenvalue weighted by Crippen LogP contribution is -2.14. The molecule has 0 radical (unpaired) electrons. The first-order valence-electron chi connectivity index (χ1n) is 9.40. The highest BCUT2D eigenvalue weighted by atomic mass is 19.2. The fourth-order valence-corrected chi connectivity index (χ4v) is 3.78. The molecule has 0 nitrogen and oxygen atoms in total. The molecule has 3 rings (SSSR count). The Kier molecular flexibility index (Phi) is 5.85. The number of hydrogen-bond acceptors (Lipinski definition) is 0. The van der Waals surface area contributed by atoms with Gasteiger partial charge in [-0.15, -0.1) is 0 Å². The summed E-state index contributed by atoms with van der Waals surface area (Å²) in [5, 5.41) is 0. The molecule has 1 fully saturated rings. The standard InChI is InChI=1S/C23H25F3/c1-3-18-12-13-20(23(26)22(18)25)19-10-8-16(9-11-19)6-7-17-5-4-15(2)21(24)14-17/h4-7,12-14,16,19H,3,8-11H2,1-2H3/b7-6+. The Morgan fingerprint density at radius 2 is 1.69 bits per heavy atom. The van der Waals surface area contributed by atoms with Gasteiger partial charge in [0.05, 0.1) is 0 Å². The van der Waals surface area contributed by atoms with Crippen LogP contribution in [0.4, 0.5) is 13.2 Å². The maximum absolute atomic E-state index is 14.3. The molecule has 0 bridgehead atoms. The first-order chi connectivity index (χ1) is 12.5. The van der Waals surface area contributed by atoms with Crippen molar-refractivity contribution in [3.63, 3.8) is 0 Å². The van der Waals surface area contributed by atoms with E-state index in [4.69, 9.17) is 0 Å². The van der Waals surface area contributed by atoms with E-state index in [1.54, 1.807) is 31.2 Å². The second-order valence-corrected chi connectivity index (χ2v) is 7.27. The van der Waals surface area contributed by atoms with Crippen LogP contribution in [0.15, 0.2) is 36.4 Å². The van der Waals surface area contributed by atoms with Crippen LogP contribution in [0.1, 0.15) is 60.8 Å². The molecule has 1 aliphatic carbocycles. The lowest BCUT2D eigenvalue weighted by atomic mass is 9.78.